The van der Waals surface area contributed by atoms with Crippen LogP contribution in [0.5, 0.6) is 0 Å². The van der Waals surface area contributed by atoms with Crippen LogP contribution >= 0.6 is 0 Å². The molecule has 0 aromatic heterocycles. The standard InChI is InChI=1S/C27H35FN4O2S/c1-3-31-19-21(2)29-27(20-31)23-12-15-32(16-13-23)17-14-26(22-8-5-4-6-9-22)30-35(33,34)25-11-7-10-24(28)18-25/h4-11,18-19,23,26,30H,3,12-17,20H2,1-2H3/t26-/m1/s1. The Kier molecular flexibility index (Phi) is 8.36. The van der Waals surface area contributed by atoms with Gasteiger partial charge in [-0.2, -0.15) is 0 Å². The Morgan fingerprint density at radius 2 is 1.86 bits per heavy atom. The Bertz CT molecular complexity index is 1160. The molecule has 0 amide bonds. The van der Waals surface area contributed by atoms with Gasteiger partial charge in [-0.1, -0.05) is 36.4 Å². The number of allylic oxidation sites excluding steroid dienone is 1. The van der Waals surface area contributed by atoms with E-state index in [1.54, 1.807) is 0 Å². The van der Waals surface area contributed by atoms with Crippen molar-refractivity contribution in [2.75, 3.05) is 32.7 Å². The fourth-order valence-electron chi connectivity index (χ4n) is 4.90. The molecule has 6 nitrogen and oxygen atoms in total. The maximum atomic E-state index is 13.7. The second-order valence-corrected chi connectivity index (χ2v) is 11.1. The Labute approximate surface area is 208 Å². The normalized spacial score (nSPS) is 18.8. The third-order valence-corrected chi connectivity index (χ3v) is 8.33. The number of nitrogens with zero attached hydrogens (tertiary/aromatic N) is 3. The van der Waals surface area contributed by atoms with Gasteiger partial charge >= 0.3 is 0 Å². The molecule has 2 aliphatic rings. The molecular formula is C27H35FN4O2S. The van der Waals surface area contributed by atoms with Crippen LogP contribution in [0.25, 0.3) is 0 Å². The lowest BCUT2D eigenvalue weighted by Gasteiger charge is -2.35. The number of halogens is 1. The minimum absolute atomic E-state index is 0.0574. The molecule has 0 aliphatic carbocycles. The largest absolute Gasteiger partial charge is 0.371 e. The van der Waals surface area contributed by atoms with Crippen molar-refractivity contribution in [3.05, 3.63) is 77.9 Å². The van der Waals surface area contributed by atoms with Crippen molar-refractivity contribution in [1.82, 2.24) is 14.5 Å². The highest BCUT2D eigenvalue weighted by molar-refractivity contribution is 7.89. The predicted molar refractivity (Wildman–Crippen MR) is 138 cm³/mol. The van der Waals surface area contributed by atoms with Gasteiger partial charge < -0.3 is 9.80 Å². The SMILES string of the molecule is CCN1C=C(C)N=C(C2CCN(CC[C@@H](NS(=O)(=O)c3cccc(F)c3)c3ccccc3)CC2)C1. The predicted octanol–water partition coefficient (Wildman–Crippen LogP) is 4.59. The average molecular weight is 499 g/mol. The van der Waals surface area contributed by atoms with E-state index in [1.807, 2.05) is 30.3 Å². The molecule has 8 heteroatoms. The van der Waals surface area contributed by atoms with Crippen molar-refractivity contribution in [2.45, 2.75) is 44.0 Å². The number of likely N-dealkylation sites (tertiary alicyclic amines) is 1. The second kappa shape index (κ2) is 11.5. The van der Waals surface area contributed by atoms with Crippen LogP contribution in [0.1, 0.15) is 44.7 Å². The van der Waals surface area contributed by atoms with E-state index in [1.165, 1.54) is 23.9 Å². The Hall–Kier alpha value is -2.55. The average Bonchev–Trinajstić information content (AvgIpc) is 2.87. The molecule has 2 aromatic rings. The number of hydrogen-bond donors (Lipinski definition) is 1. The van der Waals surface area contributed by atoms with E-state index in [0.717, 1.165) is 62.9 Å². The van der Waals surface area contributed by atoms with Crippen molar-refractivity contribution in [2.24, 2.45) is 10.9 Å². The lowest BCUT2D eigenvalue weighted by atomic mass is 9.90. The van der Waals surface area contributed by atoms with Crippen LogP contribution in [0.2, 0.25) is 0 Å². The van der Waals surface area contributed by atoms with Crippen molar-refractivity contribution >= 4 is 15.7 Å². The summed E-state index contributed by atoms with van der Waals surface area (Å²) in [5.74, 6) is -0.0670. The maximum absolute atomic E-state index is 13.7. The van der Waals surface area contributed by atoms with Crippen LogP contribution in [0.4, 0.5) is 4.39 Å². The maximum Gasteiger partial charge on any atom is 0.241 e. The molecule has 1 fully saturated rings. The third-order valence-electron chi connectivity index (χ3n) is 6.86. The molecular weight excluding hydrogens is 463 g/mol. The van der Waals surface area contributed by atoms with Crippen molar-refractivity contribution in [1.29, 1.82) is 0 Å². The molecule has 2 heterocycles. The quantitative estimate of drug-likeness (QED) is 0.550. The van der Waals surface area contributed by atoms with Crippen LogP contribution in [-0.2, 0) is 10.0 Å². The van der Waals surface area contributed by atoms with E-state index >= 15 is 0 Å². The van der Waals surface area contributed by atoms with E-state index in [9.17, 15) is 12.8 Å². The molecule has 0 unspecified atom stereocenters. The molecule has 0 spiro atoms. The molecule has 0 radical (unpaired) electrons. The van der Waals surface area contributed by atoms with Crippen LogP contribution < -0.4 is 4.72 Å². The van der Waals surface area contributed by atoms with Crippen LogP contribution in [-0.4, -0.2) is 56.7 Å². The first-order valence-corrected chi connectivity index (χ1v) is 13.9. The number of piperidine rings is 1. The fourth-order valence-corrected chi connectivity index (χ4v) is 6.19. The molecule has 0 bridgehead atoms. The monoisotopic (exact) mass is 498 g/mol. The summed E-state index contributed by atoms with van der Waals surface area (Å²) in [6.07, 6.45) is 4.90. The lowest BCUT2D eigenvalue weighted by Crippen LogP contribution is -2.41. The van der Waals surface area contributed by atoms with Gasteiger partial charge in [-0.3, -0.25) is 4.99 Å². The van der Waals surface area contributed by atoms with Gasteiger partial charge in [0.2, 0.25) is 10.0 Å². The zero-order valence-corrected chi connectivity index (χ0v) is 21.3. The summed E-state index contributed by atoms with van der Waals surface area (Å²) in [4.78, 5) is 9.50. The summed E-state index contributed by atoms with van der Waals surface area (Å²) in [6.45, 7) is 8.85. The number of benzene rings is 2. The van der Waals surface area contributed by atoms with Crippen molar-refractivity contribution < 1.29 is 12.8 Å². The summed E-state index contributed by atoms with van der Waals surface area (Å²) in [6, 6.07) is 14.3. The van der Waals surface area contributed by atoms with Crippen LogP contribution in [0, 0.1) is 11.7 Å². The number of nitrogens with one attached hydrogen (secondary N) is 1. The number of hydrogen-bond acceptors (Lipinski definition) is 5. The summed E-state index contributed by atoms with van der Waals surface area (Å²) < 4.78 is 42.5. The smallest absolute Gasteiger partial charge is 0.241 e. The molecule has 2 aromatic carbocycles. The van der Waals surface area contributed by atoms with E-state index in [0.29, 0.717) is 12.3 Å². The van der Waals surface area contributed by atoms with Gasteiger partial charge in [-0.05, 0) is 76.5 Å². The molecule has 1 saturated heterocycles. The molecule has 4 rings (SSSR count). The van der Waals surface area contributed by atoms with Gasteiger partial charge in [-0.15, -0.1) is 0 Å². The Balaban J connectivity index is 1.38. The molecule has 188 valence electrons. The zero-order valence-electron chi connectivity index (χ0n) is 20.5. The van der Waals surface area contributed by atoms with E-state index in [4.69, 9.17) is 4.99 Å². The van der Waals surface area contributed by atoms with E-state index in [2.05, 4.69) is 34.6 Å². The van der Waals surface area contributed by atoms with Gasteiger partial charge in [0.15, 0.2) is 0 Å². The summed E-state index contributed by atoms with van der Waals surface area (Å²) in [5, 5.41) is 0. The summed E-state index contributed by atoms with van der Waals surface area (Å²) >= 11 is 0. The molecule has 1 N–H and O–H groups in total. The molecule has 0 saturated carbocycles. The van der Waals surface area contributed by atoms with E-state index < -0.39 is 21.9 Å². The van der Waals surface area contributed by atoms with Gasteiger partial charge in [-0.25, -0.2) is 17.5 Å². The highest BCUT2D eigenvalue weighted by Crippen LogP contribution is 2.25. The number of aliphatic imine (C=N–C) groups is 1. The third kappa shape index (κ3) is 6.78. The van der Waals surface area contributed by atoms with Gasteiger partial charge in [0.25, 0.3) is 0 Å². The molecule has 2 aliphatic heterocycles. The van der Waals surface area contributed by atoms with Gasteiger partial charge in [0.05, 0.1) is 17.1 Å². The Morgan fingerprint density at radius 1 is 1.11 bits per heavy atom. The number of rotatable bonds is 9. The van der Waals surface area contributed by atoms with Crippen molar-refractivity contribution in [3.63, 3.8) is 0 Å². The topological polar surface area (TPSA) is 65.0 Å². The highest BCUT2D eigenvalue weighted by Gasteiger charge is 2.27. The molecule has 1 atom stereocenters. The highest BCUT2D eigenvalue weighted by atomic mass is 32.2. The second-order valence-electron chi connectivity index (χ2n) is 9.38. The lowest BCUT2D eigenvalue weighted by molar-refractivity contribution is 0.200. The van der Waals surface area contributed by atoms with Crippen LogP contribution in [0.15, 0.2) is 76.4 Å². The first-order chi connectivity index (χ1) is 16.8. The zero-order chi connectivity index (χ0) is 24.8. The van der Waals surface area contributed by atoms with Gasteiger partial charge in [0, 0.05) is 30.4 Å². The minimum atomic E-state index is -3.85. The minimum Gasteiger partial charge on any atom is -0.371 e. The number of sulfonamides is 1. The van der Waals surface area contributed by atoms with Crippen molar-refractivity contribution in [3.8, 4) is 0 Å². The molecule has 35 heavy (non-hydrogen) atoms. The Morgan fingerprint density at radius 3 is 2.54 bits per heavy atom. The van der Waals surface area contributed by atoms with Gasteiger partial charge in [0.1, 0.15) is 5.82 Å². The summed E-state index contributed by atoms with van der Waals surface area (Å²) in [5.41, 5.74) is 3.27. The van der Waals surface area contributed by atoms with E-state index in [-0.39, 0.29) is 4.90 Å². The fraction of sp³-hybridized carbons (Fsp3) is 0.444. The first kappa shape index (κ1) is 25.5. The van der Waals surface area contributed by atoms with Crippen LogP contribution in [0.3, 0.4) is 0 Å². The first-order valence-electron chi connectivity index (χ1n) is 12.4. The summed E-state index contributed by atoms with van der Waals surface area (Å²) in [7, 11) is -3.85.